The third-order valence-electron chi connectivity index (χ3n) is 6.33. The second kappa shape index (κ2) is 8.34. The first-order chi connectivity index (χ1) is 16.0. The second-order valence-corrected chi connectivity index (χ2v) is 8.49. The summed E-state index contributed by atoms with van der Waals surface area (Å²) >= 11 is 0. The molecule has 2 saturated carbocycles. The Bertz CT molecular complexity index is 1200. The number of carbonyl (C=O) groups excluding carboxylic acids is 2. The van der Waals surface area contributed by atoms with Gasteiger partial charge >= 0.3 is 5.97 Å². The van der Waals surface area contributed by atoms with Gasteiger partial charge in [-0.25, -0.2) is 18.7 Å². The van der Waals surface area contributed by atoms with Crippen molar-refractivity contribution in [3.05, 3.63) is 59.2 Å². The second-order valence-electron chi connectivity index (χ2n) is 8.49. The third kappa shape index (κ3) is 4.08. The number of carbonyl (C=O) groups is 2. The van der Waals surface area contributed by atoms with E-state index in [1.165, 1.54) is 6.07 Å². The van der Waals surface area contributed by atoms with Gasteiger partial charge < -0.3 is 10.1 Å². The lowest BCUT2D eigenvalue weighted by Gasteiger charge is -2.17. The molecular formula is C23H21F2N5O3. The van der Waals surface area contributed by atoms with Crippen molar-refractivity contribution in [1.82, 2.24) is 20.6 Å². The molecule has 2 aromatic carbocycles. The summed E-state index contributed by atoms with van der Waals surface area (Å²) in [5, 5.41) is 16.5. The van der Waals surface area contributed by atoms with Crippen LogP contribution in [0.1, 0.15) is 54.4 Å². The first-order valence-corrected chi connectivity index (χ1v) is 10.8. The van der Waals surface area contributed by atoms with Gasteiger partial charge in [0.2, 0.25) is 5.91 Å². The van der Waals surface area contributed by atoms with Gasteiger partial charge in [-0.05, 0) is 84.8 Å². The Morgan fingerprint density at radius 3 is 2.52 bits per heavy atom. The van der Waals surface area contributed by atoms with E-state index in [-0.39, 0.29) is 23.4 Å². The fraction of sp³-hybridized carbons (Fsp3) is 0.348. The number of benzene rings is 2. The van der Waals surface area contributed by atoms with Gasteiger partial charge in [0.1, 0.15) is 6.10 Å². The number of esters is 1. The third-order valence-corrected chi connectivity index (χ3v) is 6.33. The topological polar surface area (TPSA) is 110 Å². The molecule has 1 heterocycles. The van der Waals surface area contributed by atoms with Crippen molar-refractivity contribution >= 4 is 17.6 Å². The lowest BCUT2D eigenvalue weighted by atomic mass is 9.94. The minimum atomic E-state index is -0.989. The largest absolute Gasteiger partial charge is 0.459 e. The molecule has 0 aliphatic heterocycles. The number of hydrogen-bond donors (Lipinski definition) is 2. The average molecular weight is 453 g/mol. The first kappa shape index (κ1) is 21.2. The zero-order valence-electron chi connectivity index (χ0n) is 17.6. The van der Waals surface area contributed by atoms with Gasteiger partial charge in [-0.3, -0.25) is 4.79 Å². The summed E-state index contributed by atoms with van der Waals surface area (Å²) in [6.45, 7) is 0. The minimum Gasteiger partial charge on any atom is -0.459 e. The van der Waals surface area contributed by atoms with Crippen molar-refractivity contribution < 1.29 is 23.1 Å². The molecule has 0 saturated heterocycles. The molecule has 2 fully saturated rings. The van der Waals surface area contributed by atoms with Crippen molar-refractivity contribution in [3.63, 3.8) is 0 Å². The zero-order chi connectivity index (χ0) is 23.0. The van der Waals surface area contributed by atoms with Crippen molar-refractivity contribution in [3.8, 4) is 11.4 Å². The summed E-state index contributed by atoms with van der Waals surface area (Å²) in [4.78, 5) is 25.9. The van der Waals surface area contributed by atoms with E-state index in [9.17, 15) is 18.4 Å². The number of aromatic amines is 1. The molecule has 0 radical (unpaired) electrons. The summed E-state index contributed by atoms with van der Waals surface area (Å²) in [6.07, 6.45) is 4.67. The smallest absolute Gasteiger partial charge is 0.339 e. The van der Waals surface area contributed by atoms with E-state index in [1.807, 2.05) is 0 Å². The number of aromatic nitrogens is 4. The molecule has 8 nitrogen and oxygen atoms in total. The highest BCUT2D eigenvalue weighted by Gasteiger charge is 2.51. The van der Waals surface area contributed by atoms with E-state index in [4.69, 9.17) is 4.74 Å². The molecular weight excluding hydrogens is 432 g/mol. The quantitative estimate of drug-likeness (QED) is 0.548. The minimum absolute atomic E-state index is 0.108. The fourth-order valence-electron chi connectivity index (χ4n) is 4.31. The zero-order valence-corrected chi connectivity index (χ0v) is 17.6. The number of nitrogens with zero attached hydrogens (tertiary/aromatic N) is 3. The van der Waals surface area contributed by atoms with Crippen LogP contribution in [0, 0.1) is 11.6 Å². The highest BCUT2D eigenvalue weighted by molar-refractivity contribution is 6.03. The summed E-state index contributed by atoms with van der Waals surface area (Å²) in [6, 6.07) is 8.26. The average Bonchev–Trinajstić information content (AvgIpc) is 3.18. The maximum Gasteiger partial charge on any atom is 0.339 e. The lowest BCUT2D eigenvalue weighted by molar-refractivity contribution is -0.118. The molecule has 170 valence electrons. The predicted octanol–water partition coefficient (Wildman–Crippen LogP) is 3.91. The number of ether oxygens (including phenoxy) is 1. The highest BCUT2D eigenvalue weighted by atomic mass is 19.2. The maximum absolute atomic E-state index is 13.7. The summed E-state index contributed by atoms with van der Waals surface area (Å²) in [5.74, 6) is -2.51. The molecule has 0 unspecified atom stereocenters. The van der Waals surface area contributed by atoms with Crippen LogP contribution in [0.3, 0.4) is 0 Å². The summed E-state index contributed by atoms with van der Waals surface area (Å²) in [5.41, 5.74) is 0.592. The van der Waals surface area contributed by atoms with Crippen LogP contribution in [0.5, 0.6) is 0 Å². The first-order valence-electron chi connectivity index (χ1n) is 10.8. The van der Waals surface area contributed by atoms with Gasteiger partial charge in [-0.1, -0.05) is 6.07 Å². The molecule has 5 rings (SSSR count). The molecule has 0 atom stereocenters. The summed E-state index contributed by atoms with van der Waals surface area (Å²) < 4.78 is 32.7. The molecule has 0 spiro atoms. The van der Waals surface area contributed by atoms with E-state index >= 15 is 0 Å². The monoisotopic (exact) mass is 453 g/mol. The van der Waals surface area contributed by atoms with Crippen molar-refractivity contribution in [2.45, 2.75) is 50.0 Å². The Morgan fingerprint density at radius 1 is 1.06 bits per heavy atom. The van der Waals surface area contributed by atoms with Crippen LogP contribution in [0.4, 0.5) is 14.5 Å². The molecule has 10 heteroatoms. The number of anilines is 1. The van der Waals surface area contributed by atoms with E-state index in [2.05, 4.69) is 25.9 Å². The summed E-state index contributed by atoms with van der Waals surface area (Å²) in [7, 11) is 0. The molecule has 3 aromatic rings. The van der Waals surface area contributed by atoms with Gasteiger partial charge in [0.05, 0.1) is 11.0 Å². The fourth-order valence-corrected chi connectivity index (χ4v) is 4.31. The van der Waals surface area contributed by atoms with Gasteiger partial charge in [0.15, 0.2) is 17.5 Å². The Balaban J connectivity index is 1.40. The standard InChI is InChI=1S/C23H21F2N5O3/c24-18-8-5-13(11-19(18)25)23(9-10-23)22(32)26-14-6-7-16(17(12-14)20-27-29-30-28-20)21(31)33-15-3-1-2-4-15/h5-8,11-12,15H,1-4,9-10H2,(H,26,32)(H,27,28,29,30). The number of hydrogen-bond acceptors (Lipinski definition) is 6. The van der Waals surface area contributed by atoms with Crippen LogP contribution < -0.4 is 5.32 Å². The van der Waals surface area contributed by atoms with Crippen LogP contribution in [-0.2, 0) is 14.9 Å². The number of amides is 1. The Kier molecular flexibility index (Phi) is 5.35. The number of halogens is 2. The Labute approximate surface area is 187 Å². The molecule has 33 heavy (non-hydrogen) atoms. The molecule has 1 aromatic heterocycles. The van der Waals surface area contributed by atoms with Gasteiger partial charge in [0.25, 0.3) is 0 Å². The van der Waals surface area contributed by atoms with Crippen LogP contribution in [0.25, 0.3) is 11.4 Å². The molecule has 2 aliphatic carbocycles. The number of H-pyrrole nitrogens is 1. The van der Waals surface area contributed by atoms with Crippen LogP contribution in [0.15, 0.2) is 36.4 Å². The number of nitrogens with one attached hydrogen (secondary N) is 2. The molecule has 2 N–H and O–H groups in total. The molecule has 2 aliphatic rings. The Morgan fingerprint density at radius 2 is 1.85 bits per heavy atom. The van der Waals surface area contributed by atoms with E-state index in [0.29, 0.717) is 29.7 Å². The van der Waals surface area contributed by atoms with Crippen LogP contribution in [-0.4, -0.2) is 38.6 Å². The van der Waals surface area contributed by atoms with Gasteiger partial charge in [-0.2, -0.15) is 0 Å². The normalized spacial score (nSPS) is 17.0. The Hall–Kier alpha value is -3.69. The predicted molar refractivity (Wildman–Crippen MR) is 113 cm³/mol. The maximum atomic E-state index is 13.7. The van der Waals surface area contributed by atoms with E-state index in [0.717, 1.165) is 37.8 Å². The van der Waals surface area contributed by atoms with E-state index in [1.54, 1.807) is 18.2 Å². The highest BCUT2D eigenvalue weighted by Crippen LogP contribution is 2.49. The molecule has 0 bridgehead atoms. The molecule has 1 amide bonds. The van der Waals surface area contributed by atoms with Crippen molar-refractivity contribution in [2.75, 3.05) is 5.32 Å². The van der Waals surface area contributed by atoms with Crippen molar-refractivity contribution in [1.29, 1.82) is 0 Å². The van der Waals surface area contributed by atoms with Gasteiger partial charge in [0, 0.05) is 11.3 Å². The van der Waals surface area contributed by atoms with E-state index < -0.39 is 23.0 Å². The lowest BCUT2D eigenvalue weighted by Crippen LogP contribution is -2.28. The van der Waals surface area contributed by atoms with Crippen LogP contribution in [0.2, 0.25) is 0 Å². The van der Waals surface area contributed by atoms with Crippen LogP contribution >= 0.6 is 0 Å². The number of tetrazole rings is 1. The van der Waals surface area contributed by atoms with Gasteiger partial charge in [-0.15, -0.1) is 5.10 Å². The van der Waals surface area contributed by atoms with Crippen molar-refractivity contribution in [2.24, 2.45) is 0 Å². The SMILES string of the molecule is O=C(OC1CCCC1)c1ccc(NC(=O)C2(c3ccc(F)c(F)c3)CC2)cc1-c1nnn[nH]1. The number of rotatable bonds is 6.